The Kier molecular flexibility index (Phi) is 5.02. The lowest BCUT2D eigenvalue weighted by Crippen LogP contribution is -2.76. The topological polar surface area (TPSA) is 107 Å². The number of esters is 2. The molecule has 0 aromatic rings. The van der Waals surface area contributed by atoms with Crippen molar-refractivity contribution in [3.8, 4) is 0 Å². The van der Waals surface area contributed by atoms with Crippen molar-refractivity contribution in [1.82, 2.24) is 4.90 Å². The van der Waals surface area contributed by atoms with Gasteiger partial charge >= 0.3 is 11.9 Å². The van der Waals surface area contributed by atoms with Crippen LogP contribution in [0.2, 0.25) is 0 Å². The second-order valence-corrected chi connectivity index (χ2v) is 9.38. The van der Waals surface area contributed by atoms with Crippen LogP contribution >= 0.6 is 11.6 Å². The van der Waals surface area contributed by atoms with Crippen LogP contribution in [-0.4, -0.2) is 60.2 Å². The molecular weight excluding hydrogens is 386 g/mol. The van der Waals surface area contributed by atoms with Gasteiger partial charge in [-0.05, 0) is 39.3 Å². The first kappa shape index (κ1) is 20.4. The molecule has 0 aliphatic carbocycles. The highest BCUT2D eigenvalue weighted by molar-refractivity contribution is 7.95. The van der Waals surface area contributed by atoms with E-state index in [1.54, 1.807) is 20.8 Å². The van der Waals surface area contributed by atoms with Gasteiger partial charge in [0.25, 0.3) is 0 Å². The molecule has 1 saturated heterocycles. The first-order valence-electron chi connectivity index (χ1n) is 7.68. The van der Waals surface area contributed by atoms with Gasteiger partial charge < -0.3 is 9.47 Å². The molecule has 0 N–H and O–H groups in total. The summed E-state index contributed by atoms with van der Waals surface area (Å²) in [5, 5.41) is -1.85. The Balaban J connectivity index is 2.58. The van der Waals surface area contributed by atoms with E-state index in [-0.39, 0.29) is 5.57 Å². The van der Waals surface area contributed by atoms with Gasteiger partial charge in [-0.15, -0.1) is 11.6 Å². The molecule has 0 radical (unpaired) electrons. The molecule has 0 aromatic carbocycles. The molecule has 2 rings (SSSR count). The van der Waals surface area contributed by atoms with Gasteiger partial charge in [-0.25, -0.2) is 18.0 Å². The molecule has 0 spiro atoms. The van der Waals surface area contributed by atoms with Gasteiger partial charge in [0, 0.05) is 11.5 Å². The van der Waals surface area contributed by atoms with Crippen molar-refractivity contribution in [3.05, 3.63) is 23.1 Å². The number of halogens is 1. The maximum absolute atomic E-state index is 12.6. The number of hydrogen-bond acceptors (Lipinski definition) is 7. The van der Waals surface area contributed by atoms with Crippen LogP contribution in [0.5, 0.6) is 0 Å². The molecule has 0 saturated carbocycles. The van der Waals surface area contributed by atoms with Crippen LogP contribution in [0.3, 0.4) is 0 Å². The second kappa shape index (κ2) is 6.38. The zero-order valence-corrected chi connectivity index (χ0v) is 16.6. The van der Waals surface area contributed by atoms with Crippen molar-refractivity contribution >= 4 is 39.3 Å². The van der Waals surface area contributed by atoms with Gasteiger partial charge in [-0.3, -0.25) is 9.69 Å². The highest BCUT2D eigenvalue weighted by Gasteiger charge is 2.66. The average Bonchev–Trinajstić information content (AvgIpc) is 2.49. The normalized spacial score (nSPS) is 30.3. The summed E-state index contributed by atoms with van der Waals surface area (Å²) in [7, 11) is -2.79. The quantitative estimate of drug-likeness (QED) is 0.297. The highest BCUT2D eigenvalue weighted by Crippen LogP contribution is 2.45. The third kappa shape index (κ3) is 3.14. The molecular formula is C16H20ClNO7S. The number of rotatable bonds is 3. The molecule has 1 fully saturated rings. The largest absolute Gasteiger partial charge is 0.467 e. The minimum atomic E-state index is -3.88. The van der Waals surface area contributed by atoms with E-state index in [4.69, 9.17) is 21.1 Å². The maximum Gasteiger partial charge on any atom is 0.340 e. The van der Waals surface area contributed by atoms with E-state index in [1.165, 1.54) is 6.92 Å². The molecule has 0 bridgehead atoms. The van der Waals surface area contributed by atoms with Crippen molar-refractivity contribution in [1.29, 1.82) is 0 Å². The van der Waals surface area contributed by atoms with Gasteiger partial charge in [0.15, 0.2) is 20.8 Å². The SMILES string of the molecule is COC(=O)C1(C=CC(=O)OC(C)(C)C)C(C)=CS(=O)(=O)[C@H]2[C@@H](Cl)C(=O)N21. The minimum Gasteiger partial charge on any atom is -0.467 e. The molecule has 0 aromatic heterocycles. The number of sulfone groups is 1. The lowest BCUT2D eigenvalue weighted by molar-refractivity contribution is -0.163. The number of β-lactam (4-membered cyclic amide) rings is 1. The third-order valence-corrected chi connectivity index (χ3v) is 6.41. The van der Waals surface area contributed by atoms with Crippen LogP contribution in [0.25, 0.3) is 0 Å². The molecule has 10 heteroatoms. The van der Waals surface area contributed by atoms with E-state index < -0.39 is 49.6 Å². The van der Waals surface area contributed by atoms with Crippen molar-refractivity contribution < 1.29 is 32.3 Å². The predicted octanol–water partition coefficient (Wildman–Crippen LogP) is 0.904. The number of amides is 1. The zero-order valence-electron chi connectivity index (χ0n) is 15.0. The lowest BCUT2D eigenvalue weighted by atomic mass is 9.85. The Bertz CT molecular complexity index is 824. The fourth-order valence-corrected chi connectivity index (χ4v) is 5.41. The Labute approximate surface area is 156 Å². The standard InChI is InChI=1S/C16H20ClNO7S/c1-9-8-26(22,23)13-11(17)12(20)18(13)16(9,14(21)24-5)7-6-10(19)25-15(2,3)4/h6-8,11,13H,1-5H3/t11-,13-,16?/m0/s1. The van der Waals surface area contributed by atoms with Gasteiger partial charge in [0.05, 0.1) is 7.11 Å². The summed E-state index contributed by atoms with van der Waals surface area (Å²) in [4.78, 5) is 37.7. The lowest BCUT2D eigenvalue weighted by Gasteiger charge is -2.54. The number of carbonyl (C=O) groups excluding carboxylic acids is 3. The van der Waals surface area contributed by atoms with E-state index in [1.807, 2.05) is 0 Å². The van der Waals surface area contributed by atoms with Crippen molar-refractivity contribution in [2.75, 3.05) is 7.11 Å². The number of fused-ring (bicyclic) bond motifs is 1. The van der Waals surface area contributed by atoms with Gasteiger partial charge in [-0.1, -0.05) is 0 Å². The Morgan fingerprint density at radius 2 is 1.92 bits per heavy atom. The smallest absolute Gasteiger partial charge is 0.340 e. The summed E-state index contributed by atoms with van der Waals surface area (Å²) < 4.78 is 34.6. The van der Waals surface area contributed by atoms with E-state index >= 15 is 0 Å². The molecule has 144 valence electrons. The summed E-state index contributed by atoms with van der Waals surface area (Å²) in [5.74, 6) is -2.41. The van der Waals surface area contributed by atoms with E-state index in [9.17, 15) is 22.8 Å². The van der Waals surface area contributed by atoms with Gasteiger partial charge in [-0.2, -0.15) is 0 Å². The average molecular weight is 406 g/mol. The van der Waals surface area contributed by atoms with Crippen LogP contribution in [0.1, 0.15) is 27.7 Å². The first-order valence-corrected chi connectivity index (χ1v) is 9.73. The fraction of sp³-hybridized carbons (Fsp3) is 0.562. The van der Waals surface area contributed by atoms with Crippen molar-refractivity contribution in [2.24, 2.45) is 0 Å². The van der Waals surface area contributed by atoms with E-state index in [0.717, 1.165) is 29.6 Å². The Morgan fingerprint density at radius 3 is 2.42 bits per heavy atom. The van der Waals surface area contributed by atoms with Crippen LogP contribution in [-0.2, 0) is 33.7 Å². The summed E-state index contributed by atoms with van der Waals surface area (Å²) in [5.41, 5.74) is -2.64. The summed E-state index contributed by atoms with van der Waals surface area (Å²) >= 11 is 5.86. The molecule has 1 amide bonds. The minimum absolute atomic E-state index is 0.0114. The molecule has 2 aliphatic rings. The van der Waals surface area contributed by atoms with Crippen molar-refractivity contribution in [2.45, 2.75) is 49.6 Å². The maximum atomic E-state index is 12.6. The first-order chi connectivity index (χ1) is 11.8. The number of alkyl halides is 1. The molecule has 1 unspecified atom stereocenters. The van der Waals surface area contributed by atoms with Crippen molar-refractivity contribution in [3.63, 3.8) is 0 Å². The van der Waals surface area contributed by atoms with Crippen LogP contribution in [0, 0.1) is 0 Å². The Hall–Kier alpha value is -1.87. The van der Waals surface area contributed by atoms with E-state index in [2.05, 4.69) is 0 Å². The number of methoxy groups -OCH3 is 1. The van der Waals surface area contributed by atoms with Crippen LogP contribution < -0.4 is 0 Å². The molecule has 3 atom stereocenters. The predicted molar refractivity (Wildman–Crippen MR) is 92.7 cm³/mol. The molecule has 2 heterocycles. The van der Waals surface area contributed by atoms with Crippen LogP contribution in [0.15, 0.2) is 23.1 Å². The monoisotopic (exact) mass is 405 g/mol. The Morgan fingerprint density at radius 1 is 1.35 bits per heavy atom. The van der Waals surface area contributed by atoms with Crippen LogP contribution in [0.4, 0.5) is 0 Å². The zero-order chi connectivity index (χ0) is 20.1. The number of carbonyl (C=O) groups is 3. The molecule has 2 aliphatic heterocycles. The van der Waals surface area contributed by atoms with Gasteiger partial charge in [0.1, 0.15) is 11.0 Å². The third-order valence-electron chi connectivity index (χ3n) is 4.00. The van der Waals surface area contributed by atoms with E-state index in [0.29, 0.717) is 0 Å². The molecule has 26 heavy (non-hydrogen) atoms. The number of ether oxygens (including phenoxy) is 2. The highest BCUT2D eigenvalue weighted by atomic mass is 35.5. The number of nitrogens with zero attached hydrogens (tertiary/aromatic N) is 1. The summed E-state index contributed by atoms with van der Waals surface area (Å²) in [6, 6.07) is 0. The summed E-state index contributed by atoms with van der Waals surface area (Å²) in [6.45, 7) is 6.36. The summed E-state index contributed by atoms with van der Waals surface area (Å²) in [6.07, 6.45) is 2.09. The molecule has 8 nitrogen and oxygen atoms in total. The van der Waals surface area contributed by atoms with Gasteiger partial charge in [0.2, 0.25) is 5.91 Å². The number of hydrogen-bond donors (Lipinski definition) is 0. The second-order valence-electron chi connectivity index (χ2n) is 7.02. The fourth-order valence-electron chi connectivity index (χ4n) is 2.93.